The number of hydrazone groups is 1. The zero-order chi connectivity index (χ0) is 20.4. The van der Waals surface area contributed by atoms with Gasteiger partial charge >= 0.3 is 0 Å². The fourth-order valence-corrected chi connectivity index (χ4v) is 3.71. The number of likely N-dealkylation sites (N-methyl/N-ethyl adjacent to an activating group) is 1. The first-order valence-corrected chi connectivity index (χ1v) is 10.0. The molecule has 0 saturated carbocycles. The summed E-state index contributed by atoms with van der Waals surface area (Å²) in [6.45, 7) is 5.76. The maximum atomic E-state index is 11.9. The Bertz CT molecular complexity index is 1000. The van der Waals surface area contributed by atoms with Gasteiger partial charge in [0.2, 0.25) is 0 Å². The average molecular weight is 411 g/mol. The van der Waals surface area contributed by atoms with Gasteiger partial charge < -0.3 is 9.80 Å². The molecule has 1 saturated heterocycles. The molecule has 1 aromatic carbocycles. The van der Waals surface area contributed by atoms with Gasteiger partial charge in [-0.25, -0.2) is 10.4 Å². The molecule has 1 aromatic heterocycles. The minimum absolute atomic E-state index is 0.202. The van der Waals surface area contributed by atoms with Crippen molar-refractivity contribution in [3.8, 4) is 11.3 Å². The molecule has 0 bridgehead atoms. The van der Waals surface area contributed by atoms with E-state index in [1.54, 1.807) is 19.3 Å². The van der Waals surface area contributed by atoms with Crippen molar-refractivity contribution in [3.63, 3.8) is 0 Å². The number of hydrogen-bond acceptors (Lipinski definition) is 6. The van der Waals surface area contributed by atoms with E-state index in [0.717, 1.165) is 49.5 Å². The Labute approximate surface area is 175 Å². The van der Waals surface area contributed by atoms with Crippen LogP contribution in [0.4, 0.5) is 5.82 Å². The van der Waals surface area contributed by atoms with Crippen molar-refractivity contribution in [2.45, 2.75) is 13.3 Å². The number of amides is 1. The van der Waals surface area contributed by atoms with Crippen molar-refractivity contribution in [2.75, 3.05) is 38.1 Å². The normalized spacial score (nSPS) is 19.3. The van der Waals surface area contributed by atoms with Crippen LogP contribution in [0.2, 0.25) is 5.02 Å². The molecule has 1 fully saturated rings. The van der Waals surface area contributed by atoms with Crippen LogP contribution in [0.5, 0.6) is 0 Å². The van der Waals surface area contributed by atoms with Crippen LogP contribution in [-0.2, 0) is 4.79 Å². The van der Waals surface area contributed by atoms with Gasteiger partial charge in [-0.1, -0.05) is 17.7 Å². The Morgan fingerprint density at radius 2 is 2.03 bits per heavy atom. The average Bonchev–Trinajstić information content (AvgIpc) is 2.91. The lowest BCUT2D eigenvalue weighted by atomic mass is 10.0. The van der Waals surface area contributed by atoms with Crippen LogP contribution in [0.3, 0.4) is 0 Å². The number of rotatable bonds is 3. The topological polar surface area (TPSA) is 73.7 Å². The number of anilines is 1. The fourth-order valence-electron chi connectivity index (χ4n) is 3.50. The van der Waals surface area contributed by atoms with Crippen LogP contribution in [0.15, 0.2) is 41.3 Å². The van der Waals surface area contributed by atoms with E-state index >= 15 is 0 Å². The summed E-state index contributed by atoms with van der Waals surface area (Å²) in [5, 5.41) is 4.55. The monoisotopic (exact) mass is 410 g/mol. The summed E-state index contributed by atoms with van der Waals surface area (Å²) in [6.07, 6.45) is 6.43. The van der Waals surface area contributed by atoms with Crippen LogP contribution < -0.4 is 10.3 Å². The molecule has 8 heteroatoms. The molecule has 0 radical (unpaired) electrons. The number of halogens is 1. The summed E-state index contributed by atoms with van der Waals surface area (Å²) in [4.78, 5) is 25.8. The zero-order valence-corrected chi connectivity index (χ0v) is 17.3. The Kier molecular flexibility index (Phi) is 5.60. The van der Waals surface area contributed by atoms with Crippen LogP contribution in [0, 0.1) is 0 Å². The highest BCUT2D eigenvalue weighted by atomic mass is 35.5. The quantitative estimate of drug-likeness (QED) is 0.787. The van der Waals surface area contributed by atoms with Gasteiger partial charge in [0.05, 0.1) is 34.4 Å². The first-order chi connectivity index (χ1) is 14.0. The van der Waals surface area contributed by atoms with Gasteiger partial charge in [-0.05, 0) is 50.7 Å². The van der Waals surface area contributed by atoms with E-state index in [1.165, 1.54) is 0 Å². The molecule has 29 heavy (non-hydrogen) atoms. The molecule has 0 aliphatic carbocycles. The predicted octanol–water partition coefficient (Wildman–Crippen LogP) is 2.83. The van der Waals surface area contributed by atoms with Crippen molar-refractivity contribution in [1.82, 2.24) is 20.3 Å². The molecule has 3 heterocycles. The number of nitrogens with zero attached hydrogens (tertiary/aromatic N) is 5. The van der Waals surface area contributed by atoms with Crippen molar-refractivity contribution >= 4 is 35.1 Å². The molecule has 1 N–H and O–H groups in total. The van der Waals surface area contributed by atoms with Gasteiger partial charge in [0.25, 0.3) is 5.91 Å². The first-order valence-electron chi connectivity index (χ1n) is 9.63. The number of hydrogen-bond donors (Lipinski definition) is 1. The van der Waals surface area contributed by atoms with Crippen molar-refractivity contribution in [1.29, 1.82) is 0 Å². The van der Waals surface area contributed by atoms with E-state index < -0.39 is 0 Å². The summed E-state index contributed by atoms with van der Waals surface area (Å²) in [5.41, 5.74) is 6.04. The molecule has 4 rings (SSSR count). The number of benzene rings is 1. The number of aromatic nitrogens is 2. The first kappa shape index (κ1) is 19.5. The van der Waals surface area contributed by atoms with E-state index in [4.69, 9.17) is 16.6 Å². The third-order valence-electron chi connectivity index (χ3n) is 5.20. The van der Waals surface area contributed by atoms with E-state index in [2.05, 4.69) is 32.4 Å². The lowest BCUT2D eigenvalue weighted by molar-refractivity contribution is -0.116. The SMILES string of the molecule is CC1=NNC(=O)/C1=C/c1ccc(Cl)c(-c2cncc(N3CCCN(C)CC3)n2)c1. The van der Waals surface area contributed by atoms with E-state index in [9.17, 15) is 4.79 Å². The molecule has 0 unspecified atom stereocenters. The van der Waals surface area contributed by atoms with Gasteiger partial charge in [-0.3, -0.25) is 9.78 Å². The maximum absolute atomic E-state index is 11.9. The Morgan fingerprint density at radius 1 is 1.17 bits per heavy atom. The summed E-state index contributed by atoms with van der Waals surface area (Å²) in [7, 11) is 2.14. The predicted molar refractivity (Wildman–Crippen MR) is 116 cm³/mol. The highest BCUT2D eigenvalue weighted by Gasteiger charge is 2.19. The molecule has 2 aliphatic heterocycles. The second kappa shape index (κ2) is 8.31. The standard InChI is InChI=1S/C21H23ClN6O/c1-14-16(21(29)26-25-14)10-15-4-5-18(22)17(11-15)19-12-23-13-20(24-19)28-7-3-6-27(2)8-9-28/h4-5,10-13H,3,6-9H2,1-2H3,(H,26,29)/b16-10+. The lowest BCUT2D eigenvalue weighted by Crippen LogP contribution is -2.29. The Hall–Kier alpha value is -2.77. The molecular weight excluding hydrogens is 388 g/mol. The highest BCUT2D eigenvalue weighted by Crippen LogP contribution is 2.29. The second-order valence-electron chi connectivity index (χ2n) is 7.34. The van der Waals surface area contributed by atoms with Crippen molar-refractivity contribution in [3.05, 3.63) is 46.8 Å². The van der Waals surface area contributed by atoms with Gasteiger partial charge in [-0.15, -0.1) is 0 Å². The summed E-state index contributed by atoms with van der Waals surface area (Å²) >= 11 is 6.48. The molecule has 0 atom stereocenters. The molecule has 2 aliphatic rings. The van der Waals surface area contributed by atoms with E-state index in [0.29, 0.717) is 22.0 Å². The summed E-state index contributed by atoms with van der Waals surface area (Å²) in [5.74, 6) is 0.655. The Morgan fingerprint density at radius 3 is 2.83 bits per heavy atom. The smallest absolute Gasteiger partial charge is 0.273 e. The molecule has 150 valence electrons. The van der Waals surface area contributed by atoms with E-state index in [-0.39, 0.29) is 5.91 Å². The molecule has 0 spiro atoms. The summed E-state index contributed by atoms with van der Waals surface area (Å²) < 4.78 is 0. The molecule has 1 amide bonds. The summed E-state index contributed by atoms with van der Waals surface area (Å²) in [6, 6.07) is 5.62. The van der Waals surface area contributed by atoms with Crippen LogP contribution >= 0.6 is 11.6 Å². The molecule has 2 aromatic rings. The Balaban J connectivity index is 1.66. The van der Waals surface area contributed by atoms with Crippen LogP contribution in [0.25, 0.3) is 17.3 Å². The maximum Gasteiger partial charge on any atom is 0.273 e. The molecular formula is C21H23ClN6O. The van der Waals surface area contributed by atoms with Gasteiger partial charge in [-0.2, -0.15) is 5.10 Å². The van der Waals surface area contributed by atoms with Crippen molar-refractivity contribution < 1.29 is 4.79 Å². The molecule has 7 nitrogen and oxygen atoms in total. The van der Waals surface area contributed by atoms with Crippen molar-refractivity contribution in [2.24, 2.45) is 5.10 Å². The fraction of sp³-hybridized carbons (Fsp3) is 0.333. The van der Waals surface area contributed by atoms with Gasteiger partial charge in [0.1, 0.15) is 5.82 Å². The van der Waals surface area contributed by atoms with Gasteiger partial charge in [0.15, 0.2) is 0 Å². The van der Waals surface area contributed by atoms with Gasteiger partial charge in [0, 0.05) is 25.2 Å². The number of carbonyl (C=O) groups is 1. The minimum Gasteiger partial charge on any atom is -0.354 e. The number of carbonyl (C=O) groups excluding carboxylic acids is 1. The van der Waals surface area contributed by atoms with E-state index in [1.807, 2.05) is 24.3 Å². The highest BCUT2D eigenvalue weighted by molar-refractivity contribution is 6.33. The third-order valence-corrected chi connectivity index (χ3v) is 5.53. The minimum atomic E-state index is -0.202. The van der Waals surface area contributed by atoms with Crippen LogP contribution in [-0.4, -0.2) is 59.7 Å². The lowest BCUT2D eigenvalue weighted by Gasteiger charge is -2.21. The van der Waals surface area contributed by atoms with Crippen LogP contribution in [0.1, 0.15) is 18.9 Å². The largest absolute Gasteiger partial charge is 0.354 e. The zero-order valence-electron chi connectivity index (χ0n) is 16.5. The third kappa shape index (κ3) is 4.31. The number of nitrogens with one attached hydrogen (secondary N) is 1. The second-order valence-corrected chi connectivity index (χ2v) is 7.75.